The molecule has 0 saturated heterocycles. The van der Waals surface area contributed by atoms with Crippen molar-refractivity contribution in [2.24, 2.45) is 5.92 Å². The van der Waals surface area contributed by atoms with Crippen LogP contribution in [0.15, 0.2) is 30.3 Å². The van der Waals surface area contributed by atoms with E-state index in [1.807, 2.05) is 0 Å². The number of unbranched alkanes of at least 4 members (excludes halogenated alkanes) is 2. The summed E-state index contributed by atoms with van der Waals surface area (Å²) in [7, 11) is 0. The number of benzene rings is 1. The molecule has 0 bridgehead atoms. The van der Waals surface area contributed by atoms with Gasteiger partial charge in [-0.3, -0.25) is 0 Å². The molecule has 1 saturated carbocycles. The van der Waals surface area contributed by atoms with Gasteiger partial charge in [0.05, 0.1) is 0 Å². The molecule has 0 spiro atoms. The van der Waals surface area contributed by atoms with Crippen LogP contribution < -0.4 is 0 Å². The Labute approximate surface area is 119 Å². The van der Waals surface area contributed by atoms with Crippen molar-refractivity contribution >= 4 is 0 Å². The Bertz CT molecular complexity index is 338. The predicted octanol–water partition coefficient (Wildman–Crippen LogP) is 4.52. The van der Waals surface area contributed by atoms with Gasteiger partial charge in [0.15, 0.2) is 0 Å². The molecule has 0 N–H and O–H groups in total. The normalized spacial score (nSPS) is 21.8. The fourth-order valence-electron chi connectivity index (χ4n) is 2.98. The summed E-state index contributed by atoms with van der Waals surface area (Å²) in [5, 5.41) is 0. The first-order valence-electron chi connectivity index (χ1n) is 8.13. The van der Waals surface area contributed by atoms with Gasteiger partial charge >= 0.3 is 0 Å². The summed E-state index contributed by atoms with van der Waals surface area (Å²) in [6.07, 6.45) is 8.05. The molecule has 2 atom stereocenters. The highest BCUT2D eigenvalue weighted by Crippen LogP contribution is 2.38. The first-order valence-corrected chi connectivity index (χ1v) is 8.13. The highest BCUT2D eigenvalue weighted by molar-refractivity contribution is 5.17. The second kappa shape index (κ2) is 7.69. The average molecular weight is 259 g/mol. The number of hydrogen-bond donors (Lipinski definition) is 0. The molecule has 106 valence electrons. The summed E-state index contributed by atoms with van der Waals surface area (Å²) in [5.41, 5.74) is 1.51. The van der Waals surface area contributed by atoms with Gasteiger partial charge in [-0.2, -0.15) is 0 Å². The van der Waals surface area contributed by atoms with Gasteiger partial charge in [0, 0.05) is 6.04 Å². The Kier molecular flexibility index (Phi) is 5.91. The third-order valence-electron chi connectivity index (χ3n) is 4.29. The molecule has 1 heteroatoms. The van der Waals surface area contributed by atoms with E-state index in [1.54, 1.807) is 0 Å². The van der Waals surface area contributed by atoms with Gasteiger partial charge in [0.25, 0.3) is 0 Å². The van der Waals surface area contributed by atoms with Gasteiger partial charge in [0.2, 0.25) is 0 Å². The van der Waals surface area contributed by atoms with Crippen LogP contribution in [0.2, 0.25) is 0 Å². The van der Waals surface area contributed by atoms with Crippen molar-refractivity contribution in [2.75, 3.05) is 13.1 Å². The van der Waals surface area contributed by atoms with Crippen LogP contribution in [0, 0.1) is 5.92 Å². The quantitative estimate of drug-likeness (QED) is 0.630. The molecule has 1 aliphatic rings. The summed E-state index contributed by atoms with van der Waals surface area (Å²) < 4.78 is 0. The second-order valence-corrected chi connectivity index (χ2v) is 6.00. The number of hydrogen-bond acceptors (Lipinski definition) is 1. The van der Waals surface area contributed by atoms with Gasteiger partial charge in [-0.25, -0.2) is 0 Å². The standard InChI is InChI=1S/C18H29N/c1-3-5-12-19(13-6-4-2)18-15-17(18)14-16-10-8-7-9-11-16/h7-11,17-18H,3-6,12-15H2,1-2H3/t17-,18-/m0/s1. The molecule has 1 aliphatic carbocycles. The van der Waals surface area contributed by atoms with E-state index in [0.717, 1.165) is 12.0 Å². The van der Waals surface area contributed by atoms with Crippen molar-refractivity contribution in [3.05, 3.63) is 35.9 Å². The average Bonchev–Trinajstić information content (AvgIpc) is 3.19. The van der Waals surface area contributed by atoms with Crippen molar-refractivity contribution in [3.8, 4) is 0 Å². The fourth-order valence-corrected chi connectivity index (χ4v) is 2.98. The van der Waals surface area contributed by atoms with Crippen LogP contribution in [0.4, 0.5) is 0 Å². The lowest BCUT2D eigenvalue weighted by Gasteiger charge is -2.22. The second-order valence-electron chi connectivity index (χ2n) is 6.00. The molecule has 0 radical (unpaired) electrons. The highest BCUT2D eigenvalue weighted by Gasteiger charge is 2.40. The van der Waals surface area contributed by atoms with Crippen molar-refractivity contribution < 1.29 is 0 Å². The van der Waals surface area contributed by atoms with Crippen LogP contribution >= 0.6 is 0 Å². The summed E-state index contributed by atoms with van der Waals surface area (Å²) in [6, 6.07) is 11.9. The van der Waals surface area contributed by atoms with E-state index < -0.39 is 0 Å². The maximum Gasteiger partial charge on any atom is 0.0131 e. The smallest absolute Gasteiger partial charge is 0.0131 e. The van der Waals surface area contributed by atoms with Gasteiger partial charge in [0.1, 0.15) is 0 Å². The molecule has 1 nitrogen and oxygen atoms in total. The SMILES string of the molecule is CCCCN(CCCC)[C@H]1C[C@@H]1Cc1ccccc1. The van der Waals surface area contributed by atoms with E-state index in [1.165, 1.54) is 57.2 Å². The topological polar surface area (TPSA) is 3.24 Å². The fraction of sp³-hybridized carbons (Fsp3) is 0.667. The number of rotatable bonds is 9. The Balaban J connectivity index is 1.80. The van der Waals surface area contributed by atoms with Crippen LogP contribution in [0.25, 0.3) is 0 Å². The zero-order valence-electron chi connectivity index (χ0n) is 12.6. The zero-order chi connectivity index (χ0) is 13.5. The lowest BCUT2D eigenvalue weighted by Crippen LogP contribution is -2.29. The van der Waals surface area contributed by atoms with Crippen molar-refractivity contribution in [2.45, 2.75) is 58.4 Å². The molecule has 2 rings (SSSR count). The van der Waals surface area contributed by atoms with Crippen LogP contribution in [0.5, 0.6) is 0 Å². The van der Waals surface area contributed by atoms with Crippen LogP contribution in [-0.2, 0) is 6.42 Å². The van der Waals surface area contributed by atoms with Crippen molar-refractivity contribution in [3.63, 3.8) is 0 Å². The van der Waals surface area contributed by atoms with E-state index in [-0.39, 0.29) is 0 Å². The van der Waals surface area contributed by atoms with E-state index >= 15 is 0 Å². The minimum Gasteiger partial charge on any atom is -0.300 e. The van der Waals surface area contributed by atoms with Crippen molar-refractivity contribution in [1.82, 2.24) is 4.90 Å². The molecule has 19 heavy (non-hydrogen) atoms. The molecule has 0 unspecified atom stereocenters. The van der Waals surface area contributed by atoms with Crippen LogP contribution in [-0.4, -0.2) is 24.0 Å². The van der Waals surface area contributed by atoms with Gasteiger partial charge < -0.3 is 4.90 Å². The minimum atomic E-state index is 0.873. The first kappa shape index (κ1) is 14.6. The molecule has 0 aliphatic heterocycles. The monoisotopic (exact) mass is 259 g/mol. The first-order chi connectivity index (χ1) is 9.35. The molecule has 1 aromatic rings. The van der Waals surface area contributed by atoms with E-state index in [9.17, 15) is 0 Å². The maximum absolute atomic E-state index is 2.76. The highest BCUT2D eigenvalue weighted by atomic mass is 15.2. The molecule has 0 heterocycles. The van der Waals surface area contributed by atoms with Gasteiger partial charge in [-0.05, 0) is 50.3 Å². The molecule has 0 aromatic heterocycles. The van der Waals surface area contributed by atoms with E-state index in [0.29, 0.717) is 0 Å². The maximum atomic E-state index is 2.76. The molecule has 1 aromatic carbocycles. The summed E-state index contributed by atoms with van der Waals surface area (Å²) in [4.78, 5) is 2.76. The Morgan fingerprint density at radius 1 is 1.00 bits per heavy atom. The molecule has 1 fully saturated rings. The van der Waals surface area contributed by atoms with E-state index in [2.05, 4.69) is 49.1 Å². The Hall–Kier alpha value is -0.820. The van der Waals surface area contributed by atoms with Crippen molar-refractivity contribution in [1.29, 1.82) is 0 Å². The minimum absolute atomic E-state index is 0.873. The van der Waals surface area contributed by atoms with Gasteiger partial charge in [-0.1, -0.05) is 57.0 Å². The molecular formula is C18H29N. The molecule has 0 amide bonds. The third-order valence-corrected chi connectivity index (χ3v) is 4.29. The lowest BCUT2D eigenvalue weighted by molar-refractivity contribution is 0.243. The summed E-state index contributed by atoms with van der Waals surface area (Å²) >= 11 is 0. The Morgan fingerprint density at radius 3 is 2.21 bits per heavy atom. The lowest BCUT2D eigenvalue weighted by atomic mass is 10.1. The number of nitrogens with zero attached hydrogens (tertiary/aromatic N) is 1. The van der Waals surface area contributed by atoms with Crippen LogP contribution in [0.1, 0.15) is 51.5 Å². The van der Waals surface area contributed by atoms with Gasteiger partial charge in [-0.15, -0.1) is 0 Å². The third kappa shape index (κ3) is 4.65. The predicted molar refractivity (Wildman–Crippen MR) is 83.4 cm³/mol. The Morgan fingerprint density at radius 2 is 1.63 bits per heavy atom. The van der Waals surface area contributed by atoms with Crippen LogP contribution in [0.3, 0.4) is 0 Å². The van der Waals surface area contributed by atoms with E-state index in [4.69, 9.17) is 0 Å². The zero-order valence-corrected chi connectivity index (χ0v) is 12.6. The largest absolute Gasteiger partial charge is 0.300 e. The molecular weight excluding hydrogens is 230 g/mol. The summed E-state index contributed by atoms with van der Waals surface area (Å²) in [5.74, 6) is 0.913. The summed E-state index contributed by atoms with van der Waals surface area (Å²) in [6.45, 7) is 7.22.